The van der Waals surface area contributed by atoms with Gasteiger partial charge in [0.15, 0.2) is 34.8 Å². The molecular weight excluding hydrogens is 785 g/mol. The predicted molar refractivity (Wildman–Crippen MR) is 233 cm³/mol. The third kappa shape index (κ3) is 9.73. The summed E-state index contributed by atoms with van der Waals surface area (Å²) in [5.74, 6) is 3.56. The van der Waals surface area contributed by atoms with Crippen LogP contribution in [-0.2, 0) is 15.2 Å². The van der Waals surface area contributed by atoms with E-state index in [-0.39, 0.29) is 30.1 Å². The van der Waals surface area contributed by atoms with E-state index in [9.17, 15) is 8.78 Å². The fraction of sp³-hybridized carbons (Fsp3) is 0.318. The van der Waals surface area contributed by atoms with Crippen LogP contribution in [0.25, 0.3) is 11.0 Å². The first-order valence-electron chi connectivity index (χ1n) is 19.7. The van der Waals surface area contributed by atoms with Crippen LogP contribution in [0.5, 0.6) is 0 Å². The molecule has 0 fully saturated rings. The second kappa shape index (κ2) is 18.5. The molecule has 0 saturated carbocycles. The Morgan fingerprint density at radius 2 is 1.47 bits per heavy atom. The number of benzene rings is 2. The van der Waals surface area contributed by atoms with Crippen molar-refractivity contribution in [3.63, 3.8) is 0 Å². The summed E-state index contributed by atoms with van der Waals surface area (Å²) in [7, 11) is 1.71. The van der Waals surface area contributed by atoms with Crippen molar-refractivity contribution in [2.75, 3.05) is 36.6 Å². The first kappa shape index (κ1) is 42.2. The van der Waals surface area contributed by atoms with E-state index in [1.54, 1.807) is 52.1 Å². The van der Waals surface area contributed by atoms with Crippen molar-refractivity contribution in [3.8, 4) is 0 Å². The van der Waals surface area contributed by atoms with E-state index in [1.807, 2.05) is 88.1 Å². The van der Waals surface area contributed by atoms with Gasteiger partial charge in [0, 0.05) is 31.2 Å². The SMILES string of the molecule is CCCSC(c1ccc(F)cc1)c1nc(Nc2cc(C)n(C(C)(C)OCCOC(c3ccc(F)cc3)c3nc(NC(C=C(C)C)=NC)c4cccn4n3)n2)c2cccn2n1. The van der Waals surface area contributed by atoms with Crippen molar-refractivity contribution in [1.82, 2.24) is 39.0 Å². The van der Waals surface area contributed by atoms with Gasteiger partial charge in [-0.1, -0.05) is 36.8 Å². The number of halogens is 2. The molecule has 0 radical (unpaired) electrons. The average molecular weight is 834 g/mol. The van der Waals surface area contributed by atoms with Crippen LogP contribution in [0.15, 0.2) is 108 Å². The number of amidine groups is 1. The van der Waals surface area contributed by atoms with Crippen LogP contribution in [0.2, 0.25) is 0 Å². The Hall–Kier alpha value is -5.97. The second-order valence-electron chi connectivity index (χ2n) is 14.9. The Kier molecular flexibility index (Phi) is 13.0. The molecule has 5 heterocycles. The number of aryl methyl sites for hydroxylation is 1. The molecule has 0 amide bonds. The molecule has 0 saturated heterocycles. The molecule has 312 valence electrons. The van der Waals surface area contributed by atoms with Gasteiger partial charge in [-0.05, 0) is 113 Å². The number of thioether (sulfide) groups is 1. The highest BCUT2D eigenvalue weighted by Gasteiger charge is 2.27. The van der Waals surface area contributed by atoms with E-state index in [2.05, 4.69) is 22.5 Å². The third-order valence-electron chi connectivity index (χ3n) is 9.50. The molecule has 2 aromatic carbocycles. The lowest BCUT2D eigenvalue weighted by Crippen LogP contribution is -2.33. The van der Waals surface area contributed by atoms with E-state index in [1.165, 1.54) is 24.3 Å². The molecule has 0 aliphatic heterocycles. The zero-order valence-corrected chi connectivity index (χ0v) is 35.5. The zero-order valence-electron chi connectivity index (χ0n) is 34.7. The number of fused-ring (bicyclic) bond motifs is 2. The van der Waals surface area contributed by atoms with Gasteiger partial charge in [0.2, 0.25) is 0 Å². The highest BCUT2D eigenvalue weighted by Crippen LogP contribution is 2.36. The Bertz CT molecular complexity index is 2610. The minimum atomic E-state index is -0.886. The number of hydrogen-bond acceptors (Lipinski definition) is 10. The van der Waals surface area contributed by atoms with Crippen molar-refractivity contribution in [3.05, 3.63) is 143 Å². The predicted octanol–water partition coefficient (Wildman–Crippen LogP) is 9.45. The third-order valence-corrected chi connectivity index (χ3v) is 11.0. The Balaban J connectivity index is 1.09. The summed E-state index contributed by atoms with van der Waals surface area (Å²) in [6.07, 6.45) is 5.87. The molecule has 2 unspecified atom stereocenters. The van der Waals surface area contributed by atoms with Crippen molar-refractivity contribution < 1.29 is 18.3 Å². The number of nitrogens with zero attached hydrogens (tertiary/aromatic N) is 9. The van der Waals surface area contributed by atoms with Crippen molar-refractivity contribution in [1.29, 1.82) is 0 Å². The summed E-state index contributed by atoms with van der Waals surface area (Å²) in [5.41, 5.74) is 4.18. The lowest BCUT2D eigenvalue weighted by atomic mass is 10.1. The normalized spacial score (nSPS) is 13.2. The summed E-state index contributed by atoms with van der Waals surface area (Å²) < 4.78 is 46.2. The highest BCUT2D eigenvalue weighted by atomic mass is 32.2. The molecule has 5 aromatic heterocycles. The number of aliphatic imine (C=N–C) groups is 1. The van der Waals surface area contributed by atoms with Gasteiger partial charge in [0.25, 0.3) is 0 Å². The minimum absolute atomic E-state index is 0.160. The van der Waals surface area contributed by atoms with Gasteiger partial charge in [-0.15, -0.1) is 16.9 Å². The number of aromatic nitrogens is 8. The maximum atomic E-state index is 14.1. The van der Waals surface area contributed by atoms with Crippen LogP contribution < -0.4 is 10.6 Å². The van der Waals surface area contributed by atoms with E-state index in [0.29, 0.717) is 40.5 Å². The molecule has 60 heavy (non-hydrogen) atoms. The van der Waals surface area contributed by atoms with Crippen LogP contribution in [0, 0.1) is 18.6 Å². The summed E-state index contributed by atoms with van der Waals surface area (Å²) in [6.45, 7) is 12.3. The van der Waals surface area contributed by atoms with Gasteiger partial charge in [-0.25, -0.2) is 32.5 Å². The fourth-order valence-electron chi connectivity index (χ4n) is 6.73. The molecule has 2 atom stereocenters. The molecule has 2 N–H and O–H groups in total. The first-order valence-corrected chi connectivity index (χ1v) is 20.8. The van der Waals surface area contributed by atoms with Gasteiger partial charge in [-0.2, -0.15) is 10.2 Å². The van der Waals surface area contributed by atoms with Crippen LogP contribution >= 0.6 is 11.8 Å². The van der Waals surface area contributed by atoms with Crippen LogP contribution in [0.3, 0.4) is 0 Å². The molecule has 0 aliphatic carbocycles. The van der Waals surface area contributed by atoms with Gasteiger partial charge in [0.1, 0.15) is 34.6 Å². The van der Waals surface area contributed by atoms with E-state index >= 15 is 0 Å². The quantitative estimate of drug-likeness (QED) is 0.0520. The van der Waals surface area contributed by atoms with Gasteiger partial charge >= 0.3 is 0 Å². The molecule has 7 aromatic rings. The topological polar surface area (TPSA) is 133 Å². The maximum Gasteiger partial charge on any atom is 0.184 e. The second-order valence-corrected chi connectivity index (χ2v) is 16.1. The van der Waals surface area contributed by atoms with E-state index < -0.39 is 11.8 Å². The fourth-order valence-corrected chi connectivity index (χ4v) is 7.80. The number of rotatable bonds is 17. The molecule has 13 nitrogen and oxygen atoms in total. The van der Waals surface area contributed by atoms with Crippen LogP contribution in [0.1, 0.15) is 80.9 Å². The first-order chi connectivity index (χ1) is 28.9. The lowest BCUT2D eigenvalue weighted by Gasteiger charge is -2.28. The van der Waals surface area contributed by atoms with E-state index in [4.69, 9.17) is 34.7 Å². The smallest absolute Gasteiger partial charge is 0.184 e. The molecule has 7 rings (SSSR count). The Morgan fingerprint density at radius 3 is 2.10 bits per heavy atom. The largest absolute Gasteiger partial charge is 0.363 e. The Morgan fingerprint density at radius 1 is 0.850 bits per heavy atom. The number of nitrogens with one attached hydrogen (secondary N) is 2. The van der Waals surface area contributed by atoms with Crippen LogP contribution in [0.4, 0.5) is 26.2 Å². The standard InChI is InChI=1S/C44H49F2N11O2S/c1-8-25-60-39(31-15-19-33(46)20-16-31)43-51-41(35-12-10-22-56(35)54-43)49-37-27-29(4)57(52-37)44(5,6)59-24-23-58-38(30-13-17-32(45)18-14-30)42-50-40(34-11-9-21-55(34)53-42)48-36(47-7)26-28(2)3/h9-22,26-27,38-39H,8,23-25H2,1-7H3,(H,47,48,50,53)(H,49,51,52,54). The van der Waals surface area contributed by atoms with Gasteiger partial charge in [-0.3, -0.25) is 4.99 Å². The van der Waals surface area contributed by atoms with Gasteiger partial charge < -0.3 is 20.1 Å². The van der Waals surface area contributed by atoms with Crippen molar-refractivity contribution in [2.24, 2.45) is 4.99 Å². The highest BCUT2D eigenvalue weighted by molar-refractivity contribution is 7.99. The van der Waals surface area contributed by atoms with E-state index in [0.717, 1.165) is 40.0 Å². The average Bonchev–Trinajstić information content (AvgIpc) is 3.99. The summed E-state index contributed by atoms with van der Waals surface area (Å²) in [4.78, 5) is 14.3. The number of hydrogen-bond donors (Lipinski definition) is 2. The maximum absolute atomic E-state index is 14.1. The summed E-state index contributed by atoms with van der Waals surface area (Å²) >= 11 is 1.72. The number of allylic oxidation sites excluding steroid dienone is 1. The van der Waals surface area contributed by atoms with Crippen LogP contribution in [-0.4, -0.2) is 70.8 Å². The lowest BCUT2D eigenvalue weighted by molar-refractivity contribution is -0.109. The van der Waals surface area contributed by atoms with Crippen molar-refractivity contribution >= 4 is 46.1 Å². The molecule has 0 spiro atoms. The molecule has 16 heteroatoms. The van der Waals surface area contributed by atoms with Gasteiger partial charge in [0.05, 0.1) is 18.5 Å². The summed E-state index contributed by atoms with van der Waals surface area (Å²) in [6, 6.07) is 22.2. The summed E-state index contributed by atoms with van der Waals surface area (Å²) in [5, 5.41) is 21.1. The van der Waals surface area contributed by atoms with Crippen molar-refractivity contribution in [2.45, 2.75) is 65.0 Å². The minimum Gasteiger partial charge on any atom is -0.363 e. The monoisotopic (exact) mass is 833 g/mol. The zero-order chi connectivity index (χ0) is 42.4. The Labute approximate surface area is 352 Å². The number of ether oxygens (including phenoxy) is 2. The molecule has 0 bridgehead atoms. The number of anilines is 3. The molecular formula is C44H49F2N11O2S. The molecule has 0 aliphatic rings.